The van der Waals surface area contributed by atoms with Gasteiger partial charge in [0, 0.05) is 6.42 Å². The van der Waals surface area contributed by atoms with Gasteiger partial charge in [-0.3, -0.25) is 0 Å². The van der Waals surface area contributed by atoms with Crippen molar-refractivity contribution in [2.75, 3.05) is 5.73 Å². The first kappa shape index (κ1) is 6.98. The van der Waals surface area contributed by atoms with E-state index in [0.717, 1.165) is 18.1 Å². The van der Waals surface area contributed by atoms with Crippen LogP contribution in [0.25, 0.3) is 0 Å². The number of anilines is 1. The molecule has 1 heterocycles. The predicted molar refractivity (Wildman–Crippen MR) is 42.4 cm³/mol. The summed E-state index contributed by atoms with van der Waals surface area (Å²) in [5, 5.41) is 4.06. The topological polar surface area (TPSA) is 52.0 Å². The summed E-state index contributed by atoms with van der Waals surface area (Å²) in [5.41, 5.74) is 5.40. The van der Waals surface area contributed by atoms with Crippen LogP contribution in [0.15, 0.2) is 4.52 Å². The summed E-state index contributed by atoms with van der Waals surface area (Å²) in [5.74, 6) is 1.80. The van der Waals surface area contributed by atoms with Gasteiger partial charge in [-0.05, 0) is 18.8 Å². The molecule has 2 N–H and O–H groups in total. The third kappa shape index (κ3) is 1.33. The number of nitrogens with zero attached hydrogens (tertiary/aromatic N) is 1. The highest BCUT2D eigenvalue weighted by Gasteiger charge is 2.25. The molecule has 0 amide bonds. The van der Waals surface area contributed by atoms with Crippen LogP contribution in [0.5, 0.6) is 0 Å². The molecule has 0 spiro atoms. The largest absolute Gasteiger partial charge is 0.380 e. The van der Waals surface area contributed by atoms with Crippen molar-refractivity contribution in [1.29, 1.82) is 0 Å². The minimum Gasteiger partial charge on any atom is -0.380 e. The maximum Gasteiger partial charge on any atom is 0.185 e. The van der Waals surface area contributed by atoms with Crippen molar-refractivity contribution in [3.63, 3.8) is 0 Å². The predicted octanol–water partition coefficient (Wildman–Crippen LogP) is 1.86. The normalized spacial score (nSPS) is 17.2. The molecule has 3 nitrogen and oxygen atoms in total. The number of rotatable bonds is 2. The molecule has 0 saturated heterocycles. The van der Waals surface area contributed by atoms with Crippen molar-refractivity contribution in [3.8, 4) is 0 Å². The van der Waals surface area contributed by atoms with E-state index < -0.39 is 0 Å². The van der Waals surface area contributed by atoms with Crippen molar-refractivity contribution in [3.05, 3.63) is 10.8 Å². The zero-order valence-electron chi connectivity index (χ0n) is 6.01. The molecular weight excluding hydrogens is 164 g/mol. The van der Waals surface area contributed by atoms with Gasteiger partial charge in [-0.25, -0.2) is 0 Å². The minimum absolute atomic E-state index is 0.308. The van der Waals surface area contributed by atoms with Gasteiger partial charge in [-0.2, -0.15) is 0 Å². The molecule has 2 rings (SSSR count). The van der Waals surface area contributed by atoms with E-state index in [0.29, 0.717) is 10.8 Å². The van der Waals surface area contributed by atoms with Crippen LogP contribution in [0.2, 0.25) is 5.02 Å². The molecule has 1 saturated carbocycles. The summed E-state index contributed by atoms with van der Waals surface area (Å²) in [4.78, 5) is 0. The molecule has 11 heavy (non-hydrogen) atoms. The first-order chi connectivity index (χ1) is 5.27. The Morgan fingerprint density at radius 2 is 2.36 bits per heavy atom. The number of nitrogen functional groups attached to an aromatic ring is 1. The number of nitrogens with two attached hydrogens (primary N) is 1. The highest BCUT2D eigenvalue weighted by Crippen LogP contribution is 2.35. The second-order valence-corrected chi connectivity index (χ2v) is 3.33. The summed E-state index contributed by atoms with van der Waals surface area (Å²) in [6.07, 6.45) is 3.44. The van der Waals surface area contributed by atoms with Crippen LogP contribution < -0.4 is 5.73 Å². The Bertz CT molecular complexity index is 267. The number of hydrogen-bond acceptors (Lipinski definition) is 3. The number of hydrogen-bond donors (Lipinski definition) is 1. The number of halogens is 1. The lowest BCUT2D eigenvalue weighted by Crippen LogP contribution is -1.86. The van der Waals surface area contributed by atoms with E-state index in [4.69, 9.17) is 21.9 Å². The van der Waals surface area contributed by atoms with Crippen LogP contribution in [0, 0.1) is 5.92 Å². The fourth-order valence-corrected chi connectivity index (χ4v) is 1.18. The Labute approximate surface area is 69.5 Å². The third-order valence-corrected chi connectivity index (χ3v) is 2.30. The quantitative estimate of drug-likeness (QED) is 0.741. The standard InChI is InChI=1S/C7H9ClN2O/c8-6-5(3-4-1-2-4)11-10-7(6)9/h4H,1-3H2,(H2,9,10). The highest BCUT2D eigenvalue weighted by molar-refractivity contribution is 6.33. The lowest BCUT2D eigenvalue weighted by molar-refractivity contribution is 0.381. The molecule has 1 aromatic rings. The minimum atomic E-state index is 0.308. The molecule has 1 aromatic heterocycles. The second-order valence-electron chi connectivity index (χ2n) is 2.95. The van der Waals surface area contributed by atoms with Gasteiger partial charge >= 0.3 is 0 Å². The van der Waals surface area contributed by atoms with E-state index in [1.165, 1.54) is 12.8 Å². The molecule has 1 aliphatic carbocycles. The molecule has 0 atom stereocenters. The summed E-state index contributed by atoms with van der Waals surface area (Å²) in [6.45, 7) is 0. The summed E-state index contributed by atoms with van der Waals surface area (Å²) >= 11 is 5.80. The molecule has 4 heteroatoms. The van der Waals surface area contributed by atoms with Crippen molar-refractivity contribution >= 4 is 17.4 Å². The van der Waals surface area contributed by atoms with Crippen molar-refractivity contribution < 1.29 is 4.52 Å². The maximum absolute atomic E-state index is 5.80. The van der Waals surface area contributed by atoms with E-state index in [1.807, 2.05) is 0 Å². The SMILES string of the molecule is Nc1noc(CC2CC2)c1Cl. The zero-order valence-corrected chi connectivity index (χ0v) is 6.77. The summed E-state index contributed by atoms with van der Waals surface area (Å²) in [6, 6.07) is 0. The highest BCUT2D eigenvalue weighted by atomic mass is 35.5. The van der Waals surface area contributed by atoms with E-state index in [-0.39, 0.29) is 0 Å². The first-order valence-corrected chi connectivity index (χ1v) is 4.04. The van der Waals surface area contributed by atoms with E-state index in [1.54, 1.807) is 0 Å². The molecule has 0 unspecified atom stereocenters. The lowest BCUT2D eigenvalue weighted by Gasteiger charge is -1.90. The monoisotopic (exact) mass is 172 g/mol. The van der Waals surface area contributed by atoms with Crippen LogP contribution in [0.4, 0.5) is 5.82 Å². The molecule has 60 valence electrons. The Morgan fingerprint density at radius 3 is 2.82 bits per heavy atom. The lowest BCUT2D eigenvalue weighted by atomic mass is 10.2. The van der Waals surface area contributed by atoms with Crippen molar-refractivity contribution in [2.45, 2.75) is 19.3 Å². The average molecular weight is 173 g/mol. The van der Waals surface area contributed by atoms with E-state index in [2.05, 4.69) is 5.16 Å². The Morgan fingerprint density at radius 1 is 1.64 bits per heavy atom. The smallest absolute Gasteiger partial charge is 0.185 e. The van der Waals surface area contributed by atoms with Crippen molar-refractivity contribution in [2.24, 2.45) is 5.92 Å². The maximum atomic E-state index is 5.80. The zero-order chi connectivity index (χ0) is 7.84. The van der Waals surface area contributed by atoms with Crippen LogP contribution >= 0.6 is 11.6 Å². The molecule has 1 fully saturated rings. The Balaban J connectivity index is 2.15. The average Bonchev–Trinajstić information content (AvgIpc) is 2.74. The van der Waals surface area contributed by atoms with Gasteiger partial charge in [0.25, 0.3) is 0 Å². The van der Waals surface area contributed by atoms with Gasteiger partial charge < -0.3 is 10.3 Å². The van der Waals surface area contributed by atoms with Gasteiger partial charge in [0.1, 0.15) is 5.02 Å². The van der Waals surface area contributed by atoms with Gasteiger partial charge in [0.2, 0.25) is 0 Å². The number of aromatic nitrogens is 1. The fraction of sp³-hybridized carbons (Fsp3) is 0.571. The molecule has 0 aliphatic heterocycles. The fourth-order valence-electron chi connectivity index (χ4n) is 1.04. The van der Waals surface area contributed by atoms with Crippen LogP contribution in [0.3, 0.4) is 0 Å². The molecule has 0 radical (unpaired) electrons. The van der Waals surface area contributed by atoms with Crippen LogP contribution in [0.1, 0.15) is 18.6 Å². The molecular formula is C7H9ClN2O. The Kier molecular flexibility index (Phi) is 1.53. The first-order valence-electron chi connectivity index (χ1n) is 3.67. The van der Waals surface area contributed by atoms with Crippen molar-refractivity contribution in [1.82, 2.24) is 5.16 Å². The Hall–Kier alpha value is -0.700. The molecule has 1 aliphatic rings. The van der Waals surface area contributed by atoms with Gasteiger partial charge in [-0.1, -0.05) is 16.8 Å². The van der Waals surface area contributed by atoms with Gasteiger partial charge in [-0.15, -0.1) is 0 Å². The summed E-state index contributed by atoms with van der Waals surface area (Å²) in [7, 11) is 0. The van der Waals surface area contributed by atoms with Crippen LogP contribution in [-0.2, 0) is 6.42 Å². The summed E-state index contributed by atoms with van der Waals surface area (Å²) < 4.78 is 4.94. The second kappa shape index (κ2) is 2.41. The van der Waals surface area contributed by atoms with E-state index >= 15 is 0 Å². The molecule has 0 bridgehead atoms. The van der Waals surface area contributed by atoms with Gasteiger partial charge in [0.05, 0.1) is 0 Å². The van der Waals surface area contributed by atoms with Crippen LogP contribution in [-0.4, -0.2) is 5.16 Å². The third-order valence-electron chi connectivity index (χ3n) is 1.89. The van der Waals surface area contributed by atoms with E-state index in [9.17, 15) is 0 Å². The van der Waals surface area contributed by atoms with Gasteiger partial charge in [0.15, 0.2) is 11.6 Å². The molecule has 0 aromatic carbocycles.